The summed E-state index contributed by atoms with van der Waals surface area (Å²) in [5.74, 6) is 1.77. The first-order valence-corrected chi connectivity index (χ1v) is 8.09. The number of hydrogen-bond donors (Lipinski definition) is 2. The van der Waals surface area contributed by atoms with Gasteiger partial charge in [-0.1, -0.05) is 24.3 Å². The number of imidazole rings is 1. The van der Waals surface area contributed by atoms with Gasteiger partial charge in [-0.25, -0.2) is 4.98 Å². The second-order valence-corrected chi connectivity index (χ2v) is 5.76. The molecule has 25 heavy (non-hydrogen) atoms. The van der Waals surface area contributed by atoms with Gasteiger partial charge in [0, 0.05) is 0 Å². The van der Waals surface area contributed by atoms with Crippen molar-refractivity contribution in [3.63, 3.8) is 0 Å². The molecule has 1 aliphatic heterocycles. The molecule has 1 atom stereocenters. The van der Waals surface area contributed by atoms with Crippen molar-refractivity contribution in [3.05, 3.63) is 65.5 Å². The highest BCUT2D eigenvalue weighted by atomic mass is 16.5. The molecule has 2 aromatic carbocycles. The normalized spacial score (nSPS) is 16.2. The van der Waals surface area contributed by atoms with Crippen LogP contribution in [0.2, 0.25) is 0 Å². The van der Waals surface area contributed by atoms with Crippen LogP contribution >= 0.6 is 0 Å². The van der Waals surface area contributed by atoms with Crippen LogP contribution in [-0.4, -0.2) is 16.2 Å². The van der Waals surface area contributed by atoms with Gasteiger partial charge in [-0.2, -0.15) is 5.26 Å². The van der Waals surface area contributed by atoms with Gasteiger partial charge in [-0.15, -0.1) is 0 Å². The summed E-state index contributed by atoms with van der Waals surface area (Å²) in [5.41, 5.74) is 9.33. The first-order chi connectivity index (χ1) is 12.2. The van der Waals surface area contributed by atoms with Crippen molar-refractivity contribution >= 4 is 17.0 Å². The van der Waals surface area contributed by atoms with Crippen molar-refractivity contribution in [3.8, 4) is 11.8 Å². The molecule has 3 aromatic rings. The Morgan fingerprint density at radius 2 is 2.00 bits per heavy atom. The van der Waals surface area contributed by atoms with E-state index in [1.165, 1.54) is 0 Å². The quantitative estimate of drug-likeness (QED) is 0.769. The molecule has 0 fully saturated rings. The number of nitrogens with two attached hydrogens (primary N) is 1. The molecule has 0 radical (unpaired) electrons. The van der Waals surface area contributed by atoms with Crippen LogP contribution in [0.25, 0.3) is 11.0 Å². The van der Waals surface area contributed by atoms with Gasteiger partial charge in [-0.05, 0) is 36.8 Å². The lowest BCUT2D eigenvalue weighted by atomic mass is 9.97. The van der Waals surface area contributed by atoms with Gasteiger partial charge in [0.05, 0.1) is 23.2 Å². The molecule has 0 amide bonds. The van der Waals surface area contributed by atoms with E-state index >= 15 is 0 Å². The maximum atomic E-state index is 9.68. The summed E-state index contributed by atoms with van der Waals surface area (Å²) in [6, 6.07) is 17.5. The molecule has 6 heteroatoms. The zero-order valence-corrected chi connectivity index (χ0v) is 13.7. The molecule has 0 bridgehead atoms. The highest BCUT2D eigenvalue weighted by Crippen LogP contribution is 2.38. The van der Waals surface area contributed by atoms with Crippen LogP contribution < -0.4 is 15.8 Å². The van der Waals surface area contributed by atoms with Crippen molar-refractivity contribution in [2.75, 3.05) is 11.9 Å². The number of ether oxygens (including phenoxy) is 1. The number of benzene rings is 2. The van der Waals surface area contributed by atoms with Crippen LogP contribution in [0.15, 0.2) is 59.9 Å². The Morgan fingerprint density at radius 1 is 1.24 bits per heavy atom. The summed E-state index contributed by atoms with van der Waals surface area (Å²) >= 11 is 0. The number of nitrogens with zero attached hydrogens (tertiary/aromatic N) is 3. The second-order valence-electron chi connectivity index (χ2n) is 5.76. The van der Waals surface area contributed by atoms with Crippen LogP contribution in [0.3, 0.4) is 0 Å². The molecule has 0 saturated carbocycles. The third-order valence-electron chi connectivity index (χ3n) is 4.29. The molecule has 1 aliphatic rings. The number of nitriles is 1. The molecular formula is C19H17N5O. The van der Waals surface area contributed by atoms with Crippen LogP contribution in [-0.2, 0) is 0 Å². The molecule has 4 rings (SSSR count). The SMILES string of the molecule is CCOc1ccc([C@H]2C(C#N)=C(N)Nc3nc4ccccc4n32)cc1. The van der Waals surface area contributed by atoms with E-state index in [1.807, 2.05) is 60.0 Å². The Hall–Kier alpha value is -3.46. The Balaban J connectivity index is 1.91. The third kappa shape index (κ3) is 2.37. The molecule has 1 aromatic heterocycles. The van der Waals surface area contributed by atoms with Gasteiger partial charge in [0.2, 0.25) is 5.95 Å². The smallest absolute Gasteiger partial charge is 0.210 e. The Kier molecular flexibility index (Phi) is 3.55. The molecule has 3 N–H and O–H groups in total. The zero-order chi connectivity index (χ0) is 17.4. The lowest BCUT2D eigenvalue weighted by molar-refractivity contribution is 0.340. The fourth-order valence-corrected chi connectivity index (χ4v) is 3.21. The summed E-state index contributed by atoms with van der Waals surface area (Å²) in [7, 11) is 0. The van der Waals surface area contributed by atoms with E-state index in [-0.39, 0.29) is 6.04 Å². The molecule has 124 valence electrons. The van der Waals surface area contributed by atoms with E-state index in [1.54, 1.807) is 0 Å². The summed E-state index contributed by atoms with van der Waals surface area (Å²) in [6.07, 6.45) is 0. The van der Waals surface area contributed by atoms with Crippen molar-refractivity contribution in [2.45, 2.75) is 13.0 Å². The van der Waals surface area contributed by atoms with Crippen molar-refractivity contribution in [1.29, 1.82) is 5.26 Å². The van der Waals surface area contributed by atoms with E-state index in [2.05, 4.69) is 16.4 Å². The number of para-hydroxylation sites is 2. The van der Waals surface area contributed by atoms with E-state index in [0.29, 0.717) is 23.9 Å². The van der Waals surface area contributed by atoms with Gasteiger partial charge in [0.15, 0.2) is 0 Å². The minimum Gasteiger partial charge on any atom is -0.494 e. The summed E-state index contributed by atoms with van der Waals surface area (Å²) < 4.78 is 7.53. The number of hydrogen-bond acceptors (Lipinski definition) is 5. The number of rotatable bonds is 3. The van der Waals surface area contributed by atoms with Gasteiger partial charge in [0.1, 0.15) is 23.7 Å². The molecular weight excluding hydrogens is 314 g/mol. The third-order valence-corrected chi connectivity index (χ3v) is 4.29. The van der Waals surface area contributed by atoms with Crippen LogP contribution in [0, 0.1) is 11.3 Å². The van der Waals surface area contributed by atoms with Gasteiger partial charge in [-0.3, -0.25) is 4.57 Å². The second kappa shape index (κ2) is 5.87. The largest absolute Gasteiger partial charge is 0.494 e. The van der Waals surface area contributed by atoms with Gasteiger partial charge >= 0.3 is 0 Å². The number of anilines is 1. The number of allylic oxidation sites excluding steroid dienone is 1. The fraction of sp³-hybridized carbons (Fsp3) is 0.158. The zero-order valence-electron chi connectivity index (χ0n) is 13.7. The Labute approximate surface area is 145 Å². The highest BCUT2D eigenvalue weighted by molar-refractivity contribution is 5.80. The molecule has 0 saturated heterocycles. The topological polar surface area (TPSA) is 88.9 Å². The molecule has 0 aliphatic carbocycles. The van der Waals surface area contributed by atoms with Crippen LogP contribution in [0.1, 0.15) is 18.5 Å². The van der Waals surface area contributed by atoms with Gasteiger partial charge < -0.3 is 15.8 Å². The number of nitrogens with one attached hydrogen (secondary N) is 1. The first-order valence-electron chi connectivity index (χ1n) is 8.09. The maximum Gasteiger partial charge on any atom is 0.210 e. The Morgan fingerprint density at radius 3 is 2.72 bits per heavy atom. The van der Waals surface area contributed by atoms with E-state index < -0.39 is 0 Å². The van der Waals surface area contributed by atoms with Crippen molar-refractivity contribution < 1.29 is 4.74 Å². The molecule has 0 unspecified atom stereocenters. The number of aromatic nitrogens is 2. The predicted octanol–water partition coefficient (Wildman–Crippen LogP) is 3.14. The lowest BCUT2D eigenvalue weighted by Crippen LogP contribution is -2.27. The summed E-state index contributed by atoms with van der Waals surface area (Å²) in [4.78, 5) is 4.60. The van der Waals surface area contributed by atoms with Crippen molar-refractivity contribution in [2.24, 2.45) is 5.73 Å². The molecule has 6 nitrogen and oxygen atoms in total. The number of fused-ring (bicyclic) bond motifs is 3. The molecule has 0 spiro atoms. The summed E-state index contributed by atoms with van der Waals surface area (Å²) in [5, 5.41) is 12.7. The van der Waals surface area contributed by atoms with E-state index in [4.69, 9.17) is 10.5 Å². The highest BCUT2D eigenvalue weighted by Gasteiger charge is 2.30. The Bertz CT molecular complexity index is 1010. The maximum absolute atomic E-state index is 9.68. The monoisotopic (exact) mass is 331 g/mol. The standard InChI is InChI=1S/C19H17N5O/c1-2-25-13-9-7-12(8-10-13)17-14(11-20)18(21)23-19-22-15-5-3-4-6-16(15)24(17)19/h3-10,17H,2,21H2,1H3,(H,22,23)/t17-/m0/s1. The lowest BCUT2D eigenvalue weighted by Gasteiger charge is -2.27. The van der Waals surface area contributed by atoms with Gasteiger partial charge in [0.25, 0.3) is 0 Å². The van der Waals surface area contributed by atoms with E-state index in [0.717, 1.165) is 22.3 Å². The van der Waals surface area contributed by atoms with Crippen molar-refractivity contribution in [1.82, 2.24) is 9.55 Å². The van der Waals surface area contributed by atoms with Crippen LogP contribution in [0.5, 0.6) is 5.75 Å². The fourth-order valence-electron chi connectivity index (χ4n) is 3.21. The average Bonchev–Trinajstić information content (AvgIpc) is 2.99. The summed E-state index contributed by atoms with van der Waals surface area (Å²) in [6.45, 7) is 2.56. The first kappa shape index (κ1) is 15.1. The average molecular weight is 331 g/mol. The minimum absolute atomic E-state index is 0.329. The van der Waals surface area contributed by atoms with Crippen LogP contribution in [0.4, 0.5) is 5.95 Å². The molecule has 2 heterocycles. The predicted molar refractivity (Wildman–Crippen MR) is 95.9 cm³/mol. The minimum atomic E-state index is -0.329. The van der Waals surface area contributed by atoms with E-state index in [9.17, 15) is 5.26 Å².